The van der Waals surface area contributed by atoms with Gasteiger partial charge in [-0.3, -0.25) is 4.79 Å². The zero-order valence-electron chi connectivity index (χ0n) is 11.3. The van der Waals surface area contributed by atoms with Gasteiger partial charge in [-0.15, -0.1) is 0 Å². The average molecular weight is 256 g/mol. The third-order valence-electron chi connectivity index (χ3n) is 3.14. The van der Waals surface area contributed by atoms with E-state index in [-0.39, 0.29) is 5.78 Å². The summed E-state index contributed by atoms with van der Waals surface area (Å²) in [5.74, 6) is 0.130. The van der Waals surface area contributed by atoms with Gasteiger partial charge in [0.15, 0.2) is 5.78 Å². The maximum absolute atomic E-state index is 12.2. The highest BCUT2D eigenvalue weighted by Gasteiger charge is 2.13. The minimum Gasteiger partial charge on any atom is -0.364 e. The van der Waals surface area contributed by atoms with E-state index in [2.05, 4.69) is 28.9 Å². The third kappa shape index (κ3) is 3.71. The quantitative estimate of drug-likeness (QED) is 0.770. The van der Waals surface area contributed by atoms with Gasteiger partial charge in [0.25, 0.3) is 0 Å². The first-order chi connectivity index (χ1) is 9.31. The van der Waals surface area contributed by atoms with Gasteiger partial charge in [-0.2, -0.15) is 0 Å². The van der Waals surface area contributed by atoms with Gasteiger partial charge in [0.05, 0.1) is 12.2 Å². The van der Waals surface area contributed by atoms with Crippen molar-refractivity contribution in [2.45, 2.75) is 19.8 Å². The molecule has 0 spiro atoms. The Balaban J connectivity index is 2.08. The molecule has 3 nitrogen and oxygen atoms in total. The summed E-state index contributed by atoms with van der Waals surface area (Å²) in [6.45, 7) is 3.49. The Bertz CT molecular complexity index is 491. The van der Waals surface area contributed by atoms with Crippen LogP contribution in [0, 0.1) is 0 Å². The molecule has 3 heteroatoms. The summed E-state index contributed by atoms with van der Waals surface area (Å²) in [6.07, 6.45) is 4.00. The van der Waals surface area contributed by atoms with E-state index < -0.39 is 0 Å². The summed E-state index contributed by atoms with van der Waals surface area (Å²) in [5.41, 5.74) is 1.79. The fourth-order valence-electron chi connectivity index (χ4n) is 2.05. The lowest BCUT2D eigenvalue weighted by atomic mass is 10.2. The Labute approximate surface area is 114 Å². The highest BCUT2D eigenvalue weighted by molar-refractivity contribution is 5.97. The van der Waals surface area contributed by atoms with Crippen LogP contribution >= 0.6 is 0 Å². The van der Waals surface area contributed by atoms with Crippen molar-refractivity contribution in [3.8, 4) is 0 Å². The molecule has 1 heterocycles. The number of nitrogens with zero attached hydrogens (tertiary/aromatic N) is 1. The maximum atomic E-state index is 12.2. The summed E-state index contributed by atoms with van der Waals surface area (Å²) in [6, 6.07) is 13.8. The fraction of sp³-hybridized carbons (Fsp3) is 0.312. The molecule has 0 radical (unpaired) electrons. The number of Topliss-reactive ketones (excluding diaryl/α,β-unsaturated/α-hetero) is 1. The Morgan fingerprint density at radius 3 is 2.58 bits per heavy atom. The van der Waals surface area contributed by atoms with E-state index in [1.807, 2.05) is 30.3 Å². The van der Waals surface area contributed by atoms with Gasteiger partial charge in [0, 0.05) is 18.4 Å². The molecule has 0 aliphatic carbocycles. The smallest absolute Gasteiger partial charge is 0.198 e. The predicted octanol–water partition coefficient (Wildman–Crippen LogP) is 3.50. The van der Waals surface area contributed by atoms with Gasteiger partial charge in [0.2, 0.25) is 0 Å². The van der Waals surface area contributed by atoms with Crippen molar-refractivity contribution in [3.05, 3.63) is 54.4 Å². The van der Waals surface area contributed by atoms with E-state index in [1.54, 1.807) is 6.20 Å². The first kappa shape index (κ1) is 13.4. The van der Waals surface area contributed by atoms with E-state index >= 15 is 0 Å². The number of para-hydroxylation sites is 1. The number of aromatic nitrogens is 1. The van der Waals surface area contributed by atoms with Gasteiger partial charge in [0.1, 0.15) is 0 Å². The van der Waals surface area contributed by atoms with E-state index in [1.165, 1.54) is 0 Å². The van der Waals surface area contributed by atoms with Crippen LogP contribution in [0.3, 0.4) is 0 Å². The molecule has 1 aromatic carbocycles. The van der Waals surface area contributed by atoms with Crippen LogP contribution < -0.4 is 4.90 Å². The molecule has 0 unspecified atom stereocenters. The molecule has 0 aliphatic heterocycles. The fourth-order valence-corrected chi connectivity index (χ4v) is 2.05. The summed E-state index contributed by atoms with van der Waals surface area (Å²) >= 11 is 0. The third-order valence-corrected chi connectivity index (χ3v) is 3.14. The first-order valence-electron chi connectivity index (χ1n) is 6.78. The number of unbranched alkanes of at least 4 members (excludes halogenated alkanes) is 1. The molecular weight excluding hydrogens is 236 g/mol. The lowest BCUT2D eigenvalue weighted by Crippen LogP contribution is -2.31. The largest absolute Gasteiger partial charge is 0.364 e. The molecule has 0 amide bonds. The Hall–Kier alpha value is -2.03. The van der Waals surface area contributed by atoms with E-state index in [4.69, 9.17) is 0 Å². The Kier molecular flexibility index (Phi) is 4.78. The van der Waals surface area contributed by atoms with Gasteiger partial charge in [-0.1, -0.05) is 31.5 Å². The van der Waals surface area contributed by atoms with Gasteiger partial charge in [-0.05, 0) is 30.7 Å². The van der Waals surface area contributed by atoms with Crippen LogP contribution in [0.25, 0.3) is 0 Å². The van der Waals surface area contributed by atoms with Crippen molar-refractivity contribution in [1.82, 2.24) is 4.98 Å². The van der Waals surface area contributed by atoms with Crippen molar-refractivity contribution < 1.29 is 4.79 Å². The Morgan fingerprint density at radius 2 is 1.95 bits per heavy atom. The Morgan fingerprint density at radius 1 is 1.16 bits per heavy atom. The molecule has 1 N–H and O–H groups in total. The normalized spacial score (nSPS) is 10.4. The number of carbonyl (C=O) groups is 1. The van der Waals surface area contributed by atoms with Crippen molar-refractivity contribution in [1.29, 1.82) is 0 Å². The van der Waals surface area contributed by atoms with Crippen LogP contribution in [-0.2, 0) is 0 Å². The zero-order chi connectivity index (χ0) is 13.5. The van der Waals surface area contributed by atoms with Crippen LogP contribution in [0.15, 0.2) is 48.7 Å². The van der Waals surface area contributed by atoms with Crippen LogP contribution in [0.5, 0.6) is 0 Å². The standard InChI is InChI=1S/C16H20N2O/c1-2-3-12-18(14-8-5-4-6-9-14)13-16(19)15-10-7-11-17-15/h4-11,17H,2-3,12-13H2,1H3. The molecular formula is C16H20N2O. The number of rotatable bonds is 7. The molecule has 19 heavy (non-hydrogen) atoms. The number of benzene rings is 1. The maximum Gasteiger partial charge on any atom is 0.198 e. The van der Waals surface area contributed by atoms with Gasteiger partial charge < -0.3 is 9.88 Å². The van der Waals surface area contributed by atoms with Crippen LogP contribution in [0.1, 0.15) is 30.3 Å². The molecule has 0 saturated heterocycles. The molecule has 1 aromatic heterocycles. The minimum atomic E-state index is 0.130. The van der Waals surface area contributed by atoms with Crippen LogP contribution in [0.4, 0.5) is 5.69 Å². The van der Waals surface area contributed by atoms with Gasteiger partial charge >= 0.3 is 0 Å². The first-order valence-corrected chi connectivity index (χ1v) is 6.78. The molecule has 100 valence electrons. The molecule has 0 aliphatic rings. The number of H-pyrrole nitrogens is 1. The van der Waals surface area contributed by atoms with Crippen molar-refractivity contribution in [3.63, 3.8) is 0 Å². The summed E-state index contributed by atoms with van der Waals surface area (Å²) in [7, 11) is 0. The van der Waals surface area contributed by atoms with Crippen molar-refractivity contribution >= 4 is 11.5 Å². The highest BCUT2D eigenvalue weighted by Crippen LogP contribution is 2.14. The average Bonchev–Trinajstić information content (AvgIpc) is 2.98. The number of anilines is 1. The number of ketones is 1. The van der Waals surface area contributed by atoms with Crippen molar-refractivity contribution in [2.24, 2.45) is 0 Å². The van der Waals surface area contributed by atoms with Gasteiger partial charge in [-0.25, -0.2) is 0 Å². The minimum absolute atomic E-state index is 0.130. The second kappa shape index (κ2) is 6.78. The number of hydrogen-bond acceptors (Lipinski definition) is 2. The van der Waals surface area contributed by atoms with Crippen LogP contribution in [0.2, 0.25) is 0 Å². The zero-order valence-corrected chi connectivity index (χ0v) is 11.3. The van der Waals surface area contributed by atoms with Crippen LogP contribution in [-0.4, -0.2) is 23.9 Å². The molecule has 0 bridgehead atoms. The topological polar surface area (TPSA) is 36.1 Å². The second-order valence-electron chi connectivity index (χ2n) is 4.62. The summed E-state index contributed by atoms with van der Waals surface area (Å²) < 4.78 is 0. The molecule has 0 fully saturated rings. The predicted molar refractivity (Wildman–Crippen MR) is 78.7 cm³/mol. The highest BCUT2D eigenvalue weighted by atomic mass is 16.1. The van der Waals surface area contributed by atoms with E-state index in [0.717, 1.165) is 25.1 Å². The number of nitrogens with one attached hydrogen (secondary N) is 1. The summed E-state index contributed by atoms with van der Waals surface area (Å²) in [4.78, 5) is 17.3. The lowest BCUT2D eigenvalue weighted by molar-refractivity contribution is 0.0995. The lowest BCUT2D eigenvalue weighted by Gasteiger charge is -2.23. The van der Waals surface area contributed by atoms with E-state index in [9.17, 15) is 4.79 Å². The second-order valence-corrected chi connectivity index (χ2v) is 4.62. The molecule has 2 rings (SSSR count). The SMILES string of the molecule is CCCCN(CC(=O)c1ccc[nH]1)c1ccccc1. The molecule has 0 saturated carbocycles. The summed E-state index contributed by atoms with van der Waals surface area (Å²) in [5, 5.41) is 0. The molecule has 2 aromatic rings. The number of hydrogen-bond donors (Lipinski definition) is 1. The van der Waals surface area contributed by atoms with E-state index in [0.29, 0.717) is 12.2 Å². The monoisotopic (exact) mass is 256 g/mol. The number of carbonyl (C=O) groups excluding carboxylic acids is 1. The molecule has 0 atom stereocenters. The number of aromatic amines is 1. The van der Waals surface area contributed by atoms with Crippen molar-refractivity contribution in [2.75, 3.05) is 18.0 Å².